The lowest BCUT2D eigenvalue weighted by Gasteiger charge is -2.31. The van der Waals surface area contributed by atoms with E-state index in [0.717, 1.165) is 0 Å². The second-order valence-corrected chi connectivity index (χ2v) is 3.82. The summed E-state index contributed by atoms with van der Waals surface area (Å²) in [6, 6.07) is 0. The number of aliphatic hydroxyl groups is 6. The van der Waals surface area contributed by atoms with Crippen LogP contribution >= 0.6 is 0 Å². The molecule has 0 saturated heterocycles. The van der Waals surface area contributed by atoms with Crippen molar-refractivity contribution in [3.8, 4) is 0 Å². The van der Waals surface area contributed by atoms with Gasteiger partial charge in [-0.25, -0.2) is 4.79 Å². The molecule has 0 aliphatic carbocycles. The highest BCUT2D eigenvalue weighted by molar-refractivity contribution is 5.89. The molecule has 6 N–H and O–H groups in total. The van der Waals surface area contributed by atoms with E-state index >= 15 is 0 Å². The van der Waals surface area contributed by atoms with Gasteiger partial charge in [-0.05, 0) is 0 Å². The van der Waals surface area contributed by atoms with Crippen LogP contribution in [0.1, 0.15) is 6.42 Å². The van der Waals surface area contributed by atoms with Gasteiger partial charge in [0.15, 0.2) is 11.9 Å². The van der Waals surface area contributed by atoms with E-state index in [9.17, 15) is 20.1 Å². The van der Waals surface area contributed by atoms with Crippen LogP contribution in [0.15, 0.2) is 11.5 Å². The molecule has 0 radical (unpaired) electrons. The molecular weight excluding hydrogens is 236 g/mol. The molecular formula is C9H14O8. The minimum Gasteiger partial charge on any atom is -0.505 e. The Morgan fingerprint density at radius 3 is 2.29 bits per heavy atom. The van der Waals surface area contributed by atoms with E-state index in [1.54, 1.807) is 0 Å². The maximum atomic E-state index is 10.9. The van der Waals surface area contributed by atoms with E-state index in [-0.39, 0.29) is 0 Å². The molecule has 1 aliphatic rings. The highest BCUT2D eigenvalue weighted by atomic mass is 16.6. The third kappa shape index (κ3) is 2.50. The summed E-state index contributed by atoms with van der Waals surface area (Å²) in [4.78, 5) is 10.9. The molecule has 0 bridgehead atoms. The Kier molecular flexibility index (Phi) is 3.94. The van der Waals surface area contributed by atoms with Crippen molar-refractivity contribution in [3.63, 3.8) is 0 Å². The molecule has 8 heteroatoms. The first-order valence-electron chi connectivity index (χ1n) is 4.81. The maximum Gasteiger partial charge on any atom is 0.378 e. The van der Waals surface area contributed by atoms with E-state index < -0.39 is 54.9 Å². The minimum absolute atomic E-state index is 0.546. The van der Waals surface area contributed by atoms with Crippen LogP contribution in [0.5, 0.6) is 0 Å². The summed E-state index contributed by atoms with van der Waals surface area (Å²) in [6.07, 6.45) is -3.60. The predicted molar refractivity (Wildman–Crippen MR) is 51.9 cm³/mol. The Labute approximate surface area is 96.0 Å². The highest BCUT2D eigenvalue weighted by Crippen LogP contribution is 2.30. The molecule has 0 spiro atoms. The van der Waals surface area contributed by atoms with Gasteiger partial charge in [0.1, 0.15) is 5.60 Å². The maximum absolute atomic E-state index is 10.9. The van der Waals surface area contributed by atoms with Gasteiger partial charge in [-0.15, -0.1) is 0 Å². The molecule has 0 amide bonds. The fourth-order valence-electron chi connectivity index (χ4n) is 1.54. The van der Waals surface area contributed by atoms with Crippen LogP contribution in [0, 0.1) is 0 Å². The molecule has 1 heterocycles. The van der Waals surface area contributed by atoms with Crippen molar-refractivity contribution in [1.29, 1.82) is 0 Å². The lowest BCUT2D eigenvalue weighted by molar-refractivity contribution is -0.165. The van der Waals surface area contributed by atoms with Gasteiger partial charge in [0.25, 0.3) is 0 Å². The number of esters is 1. The molecule has 0 aromatic rings. The van der Waals surface area contributed by atoms with Gasteiger partial charge in [-0.3, -0.25) is 0 Å². The lowest BCUT2D eigenvalue weighted by Crippen LogP contribution is -2.50. The van der Waals surface area contributed by atoms with Crippen LogP contribution in [-0.2, 0) is 9.53 Å². The van der Waals surface area contributed by atoms with Crippen LogP contribution in [0.2, 0.25) is 0 Å². The number of cyclic esters (lactones) is 1. The van der Waals surface area contributed by atoms with Gasteiger partial charge in [0.2, 0.25) is 5.76 Å². The molecule has 98 valence electrons. The fraction of sp³-hybridized carbons (Fsp3) is 0.667. The molecule has 1 aliphatic heterocycles. The number of aliphatic hydroxyl groups excluding tert-OH is 5. The average Bonchev–Trinajstić information content (AvgIpc) is 2.57. The Balaban J connectivity index is 2.92. The van der Waals surface area contributed by atoms with Gasteiger partial charge >= 0.3 is 5.97 Å². The van der Waals surface area contributed by atoms with Crippen molar-refractivity contribution >= 4 is 5.97 Å². The summed E-state index contributed by atoms with van der Waals surface area (Å²) < 4.78 is 4.47. The number of carbonyl (C=O) groups excluding carboxylic acids is 1. The summed E-state index contributed by atoms with van der Waals surface area (Å²) in [5.74, 6) is -3.21. The Bertz CT molecular complexity index is 338. The second kappa shape index (κ2) is 4.88. The fourth-order valence-corrected chi connectivity index (χ4v) is 1.54. The van der Waals surface area contributed by atoms with E-state index in [4.69, 9.17) is 15.3 Å². The summed E-state index contributed by atoms with van der Waals surface area (Å²) in [5, 5.41) is 55.2. The summed E-state index contributed by atoms with van der Waals surface area (Å²) in [6.45, 7) is -1.63. The first-order valence-corrected chi connectivity index (χ1v) is 4.81. The first kappa shape index (κ1) is 13.7. The number of hydrogen-bond acceptors (Lipinski definition) is 8. The van der Waals surface area contributed by atoms with E-state index in [2.05, 4.69) is 4.74 Å². The number of rotatable bonds is 5. The standard InChI is InChI=1S/C9H14O8/c10-2-4(12)1-9(16,3-11)7-5(13)6(14)8(15)17-7/h4,7,10-14,16H,1-3H2/t4?,7-,9-/m0/s1. The van der Waals surface area contributed by atoms with Gasteiger partial charge in [0, 0.05) is 6.42 Å². The zero-order valence-corrected chi connectivity index (χ0v) is 8.78. The molecule has 17 heavy (non-hydrogen) atoms. The number of carbonyl (C=O) groups is 1. The summed E-state index contributed by atoms with van der Waals surface area (Å²) >= 11 is 0. The largest absolute Gasteiger partial charge is 0.505 e. The molecule has 0 aromatic carbocycles. The zero-order valence-electron chi connectivity index (χ0n) is 8.78. The molecule has 0 saturated carbocycles. The third-order valence-electron chi connectivity index (χ3n) is 2.47. The van der Waals surface area contributed by atoms with Gasteiger partial charge in [-0.2, -0.15) is 0 Å². The van der Waals surface area contributed by atoms with Crippen LogP contribution in [0.25, 0.3) is 0 Å². The van der Waals surface area contributed by atoms with Crippen LogP contribution in [-0.4, -0.2) is 67.6 Å². The number of ether oxygens (including phenoxy) is 1. The van der Waals surface area contributed by atoms with Crippen LogP contribution < -0.4 is 0 Å². The average molecular weight is 250 g/mol. The van der Waals surface area contributed by atoms with E-state index in [1.807, 2.05) is 0 Å². The predicted octanol–water partition coefficient (Wildman–Crippen LogP) is -2.29. The van der Waals surface area contributed by atoms with Crippen molar-refractivity contribution in [3.05, 3.63) is 11.5 Å². The third-order valence-corrected chi connectivity index (χ3v) is 2.47. The van der Waals surface area contributed by atoms with Gasteiger partial charge in [-0.1, -0.05) is 0 Å². The van der Waals surface area contributed by atoms with Crippen molar-refractivity contribution in [2.75, 3.05) is 13.2 Å². The SMILES string of the molecule is O=C1O[C@H]([C@@](O)(CO)CC(O)CO)C(O)=C1O. The van der Waals surface area contributed by atoms with Crippen molar-refractivity contribution < 1.29 is 40.2 Å². The molecule has 1 unspecified atom stereocenters. The highest BCUT2D eigenvalue weighted by Gasteiger charge is 2.49. The van der Waals surface area contributed by atoms with Crippen LogP contribution in [0.4, 0.5) is 0 Å². The first-order chi connectivity index (χ1) is 7.85. The van der Waals surface area contributed by atoms with Crippen molar-refractivity contribution in [2.24, 2.45) is 0 Å². The van der Waals surface area contributed by atoms with Gasteiger partial charge < -0.3 is 35.4 Å². The van der Waals surface area contributed by atoms with Gasteiger partial charge in [0.05, 0.1) is 19.3 Å². The topological polar surface area (TPSA) is 148 Å². The smallest absolute Gasteiger partial charge is 0.378 e. The van der Waals surface area contributed by atoms with Crippen LogP contribution in [0.3, 0.4) is 0 Å². The van der Waals surface area contributed by atoms with Crippen molar-refractivity contribution in [1.82, 2.24) is 0 Å². The zero-order chi connectivity index (χ0) is 13.2. The quantitative estimate of drug-likeness (QED) is 0.299. The lowest BCUT2D eigenvalue weighted by atomic mass is 9.90. The molecule has 8 nitrogen and oxygen atoms in total. The number of hydrogen-bond donors (Lipinski definition) is 6. The Morgan fingerprint density at radius 1 is 1.35 bits per heavy atom. The molecule has 1 rings (SSSR count). The van der Waals surface area contributed by atoms with E-state index in [1.165, 1.54) is 0 Å². The Morgan fingerprint density at radius 2 is 1.94 bits per heavy atom. The molecule has 0 fully saturated rings. The minimum atomic E-state index is -2.19. The Hall–Kier alpha value is -1.35. The van der Waals surface area contributed by atoms with Crippen molar-refractivity contribution in [2.45, 2.75) is 24.2 Å². The second-order valence-electron chi connectivity index (χ2n) is 3.82. The summed E-state index contributed by atoms with van der Waals surface area (Å²) in [5.41, 5.74) is -2.19. The monoisotopic (exact) mass is 250 g/mol. The normalized spacial score (nSPS) is 25.6. The molecule has 3 atom stereocenters. The molecule has 0 aromatic heterocycles. The van der Waals surface area contributed by atoms with E-state index in [0.29, 0.717) is 0 Å². The summed E-state index contributed by atoms with van der Waals surface area (Å²) in [7, 11) is 0.